The quantitative estimate of drug-likeness (QED) is 0.853. The summed E-state index contributed by atoms with van der Waals surface area (Å²) in [6.45, 7) is 1.36. The number of nitrogens with zero attached hydrogens (tertiary/aromatic N) is 2. The van der Waals surface area contributed by atoms with Crippen LogP contribution >= 0.6 is 0 Å². The predicted molar refractivity (Wildman–Crippen MR) is 50.0 cm³/mol. The summed E-state index contributed by atoms with van der Waals surface area (Å²) in [7, 11) is 0. The number of pyridine rings is 1. The van der Waals surface area contributed by atoms with Crippen molar-refractivity contribution in [3.8, 4) is 6.07 Å². The Labute approximate surface area is 90.2 Å². The molecule has 1 N–H and O–H groups in total. The Morgan fingerprint density at radius 2 is 2.31 bits per heavy atom. The van der Waals surface area contributed by atoms with Gasteiger partial charge < -0.3 is 5.11 Å². The largest absolute Gasteiger partial charge is 0.481 e. The fourth-order valence-corrected chi connectivity index (χ4v) is 1.26. The summed E-state index contributed by atoms with van der Waals surface area (Å²) in [5, 5.41) is 17.2. The molecule has 1 rings (SSSR count). The monoisotopic (exact) mass is 226 g/mol. The highest BCUT2D eigenvalue weighted by molar-refractivity contribution is 5.69. The highest BCUT2D eigenvalue weighted by atomic mass is 19.3. The van der Waals surface area contributed by atoms with Crippen molar-refractivity contribution in [2.75, 3.05) is 0 Å². The third-order valence-electron chi connectivity index (χ3n) is 2.02. The first-order valence-electron chi connectivity index (χ1n) is 4.36. The van der Waals surface area contributed by atoms with Crippen molar-refractivity contribution in [2.45, 2.75) is 19.8 Å². The van der Waals surface area contributed by atoms with Gasteiger partial charge in [-0.15, -0.1) is 0 Å². The van der Waals surface area contributed by atoms with Crippen molar-refractivity contribution in [1.82, 2.24) is 4.98 Å². The molecular weight excluding hydrogens is 218 g/mol. The number of nitriles is 1. The summed E-state index contributed by atoms with van der Waals surface area (Å²) in [5.41, 5.74) is -0.451. The van der Waals surface area contributed by atoms with Crippen LogP contribution < -0.4 is 0 Å². The van der Waals surface area contributed by atoms with Crippen molar-refractivity contribution in [3.63, 3.8) is 0 Å². The van der Waals surface area contributed by atoms with Crippen LogP contribution in [0.25, 0.3) is 0 Å². The summed E-state index contributed by atoms with van der Waals surface area (Å²) < 4.78 is 25.1. The minimum Gasteiger partial charge on any atom is -0.481 e. The number of hydrogen-bond donors (Lipinski definition) is 1. The molecule has 16 heavy (non-hydrogen) atoms. The normalized spacial score (nSPS) is 10.2. The average Bonchev–Trinajstić information content (AvgIpc) is 2.19. The fourth-order valence-electron chi connectivity index (χ4n) is 1.26. The lowest BCUT2D eigenvalue weighted by Crippen LogP contribution is -2.07. The average molecular weight is 226 g/mol. The standard InChI is InChI=1S/C10H8F2N2O2/c1-5-6(4-13)2-7(3-8(15)16)14-9(5)10(11)12/h2,10H,3H2,1H3,(H,15,16). The van der Waals surface area contributed by atoms with E-state index in [1.165, 1.54) is 13.0 Å². The smallest absolute Gasteiger partial charge is 0.309 e. The lowest BCUT2D eigenvalue weighted by Gasteiger charge is -2.07. The zero-order valence-corrected chi connectivity index (χ0v) is 8.37. The van der Waals surface area contributed by atoms with Crippen LogP contribution in [0.1, 0.15) is 28.9 Å². The lowest BCUT2D eigenvalue weighted by molar-refractivity contribution is -0.136. The summed E-state index contributed by atoms with van der Waals surface area (Å²) in [6, 6.07) is 2.96. The van der Waals surface area contributed by atoms with Crippen LogP contribution in [0.15, 0.2) is 6.07 Å². The number of aromatic nitrogens is 1. The van der Waals surface area contributed by atoms with Gasteiger partial charge in [0.1, 0.15) is 5.69 Å². The molecule has 6 heteroatoms. The molecule has 0 aliphatic rings. The molecule has 0 fully saturated rings. The van der Waals surface area contributed by atoms with E-state index in [0.717, 1.165) is 0 Å². The second kappa shape index (κ2) is 4.66. The molecule has 0 atom stereocenters. The van der Waals surface area contributed by atoms with E-state index >= 15 is 0 Å². The molecule has 1 heterocycles. The first-order valence-corrected chi connectivity index (χ1v) is 4.36. The molecule has 0 amide bonds. The zero-order valence-electron chi connectivity index (χ0n) is 8.37. The summed E-state index contributed by atoms with van der Waals surface area (Å²) in [4.78, 5) is 14.0. The van der Waals surface area contributed by atoms with Crippen molar-refractivity contribution in [2.24, 2.45) is 0 Å². The Kier molecular flexibility index (Phi) is 3.51. The van der Waals surface area contributed by atoms with Crippen LogP contribution in [0.5, 0.6) is 0 Å². The number of aliphatic carboxylic acids is 1. The summed E-state index contributed by atoms with van der Waals surface area (Å²) in [5.74, 6) is -1.18. The van der Waals surface area contributed by atoms with Gasteiger partial charge in [-0.1, -0.05) is 0 Å². The van der Waals surface area contributed by atoms with Crippen LogP contribution in [0.4, 0.5) is 8.78 Å². The topological polar surface area (TPSA) is 74.0 Å². The maximum absolute atomic E-state index is 12.5. The van der Waals surface area contributed by atoms with Crippen LogP contribution in [-0.2, 0) is 11.2 Å². The van der Waals surface area contributed by atoms with Gasteiger partial charge in [-0.2, -0.15) is 5.26 Å². The summed E-state index contributed by atoms with van der Waals surface area (Å²) >= 11 is 0. The Hall–Kier alpha value is -2.03. The van der Waals surface area contributed by atoms with Gasteiger partial charge in [0, 0.05) is 0 Å². The first kappa shape index (κ1) is 12.0. The maximum Gasteiger partial charge on any atom is 0.309 e. The fraction of sp³-hybridized carbons (Fsp3) is 0.300. The van der Waals surface area contributed by atoms with Crippen LogP contribution in [0, 0.1) is 18.3 Å². The second-order valence-electron chi connectivity index (χ2n) is 3.15. The molecule has 0 spiro atoms. The van der Waals surface area contributed by atoms with Gasteiger partial charge in [-0.3, -0.25) is 9.78 Å². The van der Waals surface area contributed by atoms with E-state index in [1.54, 1.807) is 6.07 Å². The molecule has 0 saturated carbocycles. The van der Waals surface area contributed by atoms with E-state index in [4.69, 9.17) is 10.4 Å². The molecule has 84 valence electrons. The van der Waals surface area contributed by atoms with Gasteiger partial charge in [-0.25, -0.2) is 8.78 Å². The highest BCUT2D eigenvalue weighted by Crippen LogP contribution is 2.23. The number of rotatable bonds is 3. The number of carboxylic acids is 1. The number of halogens is 2. The van der Waals surface area contributed by atoms with Gasteiger partial charge in [-0.05, 0) is 18.6 Å². The van der Waals surface area contributed by atoms with E-state index in [1.807, 2.05) is 0 Å². The number of alkyl halides is 2. The van der Waals surface area contributed by atoms with Gasteiger partial charge in [0.05, 0.1) is 23.7 Å². The maximum atomic E-state index is 12.5. The molecule has 1 aromatic heterocycles. The summed E-state index contributed by atoms with van der Waals surface area (Å²) in [6.07, 6.45) is -3.30. The van der Waals surface area contributed by atoms with Crippen molar-refractivity contribution in [1.29, 1.82) is 5.26 Å². The Balaban J connectivity index is 3.29. The lowest BCUT2D eigenvalue weighted by atomic mass is 10.1. The number of carboxylic acid groups (broad SMARTS) is 1. The number of carbonyl (C=O) groups is 1. The van der Waals surface area contributed by atoms with E-state index in [0.29, 0.717) is 0 Å². The molecule has 0 aromatic carbocycles. The highest BCUT2D eigenvalue weighted by Gasteiger charge is 2.17. The zero-order chi connectivity index (χ0) is 12.3. The molecule has 0 aliphatic heterocycles. The molecular formula is C10H8F2N2O2. The predicted octanol–water partition coefficient (Wildman–Crippen LogP) is 1.83. The third-order valence-corrected chi connectivity index (χ3v) is 2.02. The molecule has 4 nitrogen and oxygen atoms in total. The molecule has 0 unspecified atom stereocenters. The van der Waals surface area contributed by atoms with E-state index in [9.17, 15) is 13.6 Å². The molecule has 0 saturated heterocycles. The van der Waals surface area contributed by atoms with Crippen molar-refractivity contribution in [3.05, 3.63) is 28.6 Å². The van der Waals surface area contributed by atoms with Crippen LogP contribution in [0.3, 0.4) is 0 Å². The molecule has 1 aromatic rings. The van der Waals surface area contributed by atoms with Gasteiger partial charge >= 0.3 is 5.97 Å². The Morgan fingerprint density at radius 1 is 1.69 bits per heavy atom. The molecule has 0 radical (unpaired) electrons. The van der Waals surface area contributed by atoms with Crippen molar-refractivity contribution >= 4 is 5.97 Å². The van der Waals surface area contributed by atoms with Gasteiger partial charge in [0.15, 0.2) is 0 Å². The first-order chi connectivity index (χ1) is 7.45. The Morgan fingerprint density at radius 3 is 2.75 bits per heavy atom. The van der Waals surface area contributed by atoms with Crippen molar-refractivity contribution < 1.29 is 18.7 Å². The van der Waals surface area contributed by atoms with Crippen LogP contribution in [-0.4, -0.2) is 16.1 Å². The second-order valence-corrected chi connectivity index (χ2v) is 3.15. The van der Waals surface area contributed by atoms with Gasteiger partial charge in [0.25, 0.3) is 6.43 Å². The molecule has 0 aliphatic carbocycles. The minimum absolute atomic E-state index is 0.0292. The third kappa shape index (κ3) is 2.51. The SMILES string of the molecule is Cc1c(C#N)cc(CC(=O)O)nc1C(F)F. The molecule has 0 bridgehead atoms. The van der Waals surface area contributed by atoms with Gasteiger partial charge in [0.2, 0.25) is 0 Å². The van der Waals surface area contributed by atoms with E-state index in [-0.39, 0.29) is 16.8 Å². The minimum atomic E-state index is -2.82. The number of hydrogen-bond acceptors (Lipinski definition) is 3. The van der Waals surface area contributed by atoms with E-state index < -0.39 is 24.5 Å². The van der Waals surface area contributed by atoms with E-state index in [2.05, 4.69) is 4.98 Å². The van der Waals surface area contributed by atoms with Crippen LogP contribution in [0.2, 0.25) is 0 Å². The Bertz CT molecular complexity index is 467.